The number of rotatable bonds is 7. The number of esters is 1. The van der Waals surface area contributed by atoms with Gasteiger partial charge >= 0.3 is 13.1 Å². The predicted molar refractivity (Wildman–Crippen MR) is 114 cm³/mol. The highest BCUT2D eigenvalue weighted by atomic mass is 16.7. The average molecular weight is 402 g/mol. The van der Waals surface area contributed by atoms with Crippen molar-refractivity contribution in [3.05, 3.63) is 102 Å². The van der Waals surface area contributed by atoms with Gasteiger partial charge in [0.15, 0.2) is 0 Å². The van der Waals surface area contributed by atoms with Gasteiger partial charge in [-0.1, -0.05) is 78.9 Å². The maximum absolute atomic E-state index is 12.4. The first-order chi connectivity index (χ1) is 14.8. The topological polar surface area (TPSA) is 54.0 Å². The molecule has 1 aliphatic heterocycles. The lowest BCUT2D eigenvalue weighted by Gasteiger charge is -2.35. The van der Waals surface area contributed by atoms with Crippen LogP contribution in [0.5, 0.6) is 0 Å². The smallest absolute Gasteiger partial charge is 0.459 e. The van der Waals surface area contributed by atoms with Crippen molar-refractivity contribution in [2.45, 2.75) is 18.8 Å². The van der Waals surface area contributed by atoms with Crippen molar-refractivity contribution in [1.82, 2.24) is 0 Å². The molecule has 152 valence electrons. The molecule has 3 aromatic rings. The Bertz CT molecular complexity index is 920. The Morgan fingerprint density at radius 1 is 0.900 bits per heavy atom. The summed E-state index contributed by atoms with van der Waals surface area (Å²) < 4.78 is 23.6. The molecule has 1 fully saturated rings. The van der Waals surface area contributed by atoms with E-state index >= 15 is 0 Å². The molecular weight excluding hydrogens is 379 g/mol. The van der Waals surface area contributed by atoms with Crippen LogP contribution in [-0.2, 0) is 25.4 Å². The molecule has 0 aliphatic carbocycles. The number of ether oxygens (including phenoxy) is 2. The van der Waals surface area contributed by atoms with Gasteiger partial charge in [-0.05, 0) is 23.2 Å². The Morgan fingerprint density at radius 3 is 2.23 bits per heavy atom. The average Bonchev–Trinajstić information content (AvgIpc) is 2.83. The maximum atomic E-state index is 12.4. The van der Waals surface area contributed by atoms with Gasteiger partial charge in [-0.25, -0.2) is 4.79 Å². The molecule has 0 saturated carbocycles. The van der Waals surface area contributed by atoms with E-state index in [1.54, 1.807) is 24.3 Å². The Hall–Kier alpha value is -2.93. The van der Waals surface area contributed by atoms with Gasteiger partial charge in [0, 0.05) is 0 Å². The third kappa shape index (κ3) is 5.36. The number of carbonyl (C=O) groups excluding carboxylic acids is 1. The summed E-state index contributed by atoms with van der Waals surface area (Å²) in [6.45, 7) is 0.858. The SMILES string of the molecule is O=C(OC[C@H]1OB(c2ccccc2)OC[C@H]1OCc1ccccc1)c1ccccc1. The Labute approximate surface area is 176 Å². The van der Waals surface area contributed by atoms with Crippen molar-refractivity contribution in [3.8, 4) is 0 Å². The molecule has 0 N–H and O–H groups in total. The quantitative estimate of drug-likeness (QED) is 0.449. The zero-order chi connectivity index (χ0) is 20.6. The van der Waals surface area contributed by atoms with Gasteiger partial charge in [0.2, 0.25) is 0 Å². The second kappa shape index (κ2) is 10.2. The third-order valence-corrected chi connectivity index (χ3v) is 4.89. The van der Waals surface area contributed by atoms with Crippen LogP contribution in [-0.4, -0.2) is 38.5 Å². The van der Waals surface area contributed by atoms with Gasteiger partial charge in [0.1, 0.15) is 18.8 Å². The van der Waals surface area contributed by atoms with E-state index in [-0.39, 0.29) is 18.7 Å². The summed E-state index contributed by atoms with van der Waals surface area (Å²) in [6.07, 6.45) is -0.797. The molecule has 0 bridgehead atoms. The third-order valence-electron chi connectivity index (χ3n) is 4.89. The fourth-order valence-corrected chi connectivity index (χ4v) is 3.26. The molecule has 0 aromatic heterocycles. The second-order valence-corrected chi connectivity index (χ2v) is 7.05. The number of benzene rings is 3. The minimum absolute atomic E-state index is 0.0832. The number of hydrogen-bond acceptors (Lipinski definition) is 5. The van der Waals surface area contributed by atoms with Gasteiger partial charge in [-0.2, -0.15) is 0 Å². The zero-order valence-electron chi connectivity index (χ0n) is 16.6. The molecule has 0 unspecified atom stereocenters. The van der Waals surface area contributed by atoms with Gasteiger partial charge in [-0.3, -0.25) is 0 Å². The summed E-state index contributed by atoms with van der Waals surface area (Å²) in [4.78, 5) is 12.4. The largest absolute Gasteiger partial charge is 0.494 e. The van der Waals surface area contributed by atoms with Crippen LogP contribution < -0.4 is 5.46 Å². The van der Waals surface area contributed by atoms with Crippen LogP contribution in [0.1, 0.15) is 15.9 Å². The van der Waals surface area contributed by atoms with Gasteiger partial charge in [0.05, 0.1) is 18.8 Å². The zero-order valence-corrected chi connectivity index (χ0v) is 16.6. The molecule has 3 aromatic carbocycles. The Balaban J connectivity index is 1.42. The number of hydrogen-bond donors (Lipinski definition) is 0. The van der Waals surface area contributed by atoms with E-state index in [4.69, 9.17) is 18.8 Å². The van der Waals surface area contributed by atoms with Crippen LogP contribution in [0.3, 0.4) is 0 Å². The van der Waals surface area contributed by atoms with E-state index < -0.39 is 13.2 Å². The molecular formula is C24H23BO5. The van der Waals surface area contributed by atoms with E-state index in [1.165, 1.54) is 0 Å². The highest BCUT2D eigenvalue weighted by molar-refractivity contribution is 6.61. The molecule has 1 aliphatic rings. The summed E-state index contributed by atoms with van der Waals surface area (Å²) in [5.41, 5.74) is 2.48. The molecule has 1 heterocycles. The molecule has 1 saturated heterocycles. The first-order valence-corrected chi connectivity index (χ1v) is 9.99. The molecule has 30 heavy (non-hydrogen) atoms. The predicted octanol–water partition coefficient (Wildman–Crippen LogP) is 3.24. The molecule has 0 spiro atoms. The standard InChI is InChI=1S/C24H23BO5/c26-24(20-12-6-2-7-13-20)28-17-23-22(27-16-19-10-4-1-5-11-19)18-29-25(30-23)21-14-8-3-9-15-21/h1-15,22-23H,16-18H2/t22-,23-/m1/s1. The highest BCUT2D eigenvalue weighted by Gasteiger charge is 2.37. The van der Waals surface area contributed by atoms with E-state index in [2.05, 4.69) is 0 Å². The summed E-state index contributed by atoms with van der Waals surface area (Å²) in [5, 5.41) is 0. The van der Waals surface area contributed by atoms with E-state index in [9.17, 15) is 4.79 Å². The molecule has 4 rings (SSSR count). The molecule has 2 atom stereocenters. The fraction of sp³-hybridized carbons (Fsp3) is 0.208. The van der Waals surface area contributed by atoms with E-state index in [1.807, 2.05) is 66.7 Å². The van der Waals surface area contributed by atoms with Gasteiger partial charge in [0.25, 0.3) is 0 Å². The van der Waals surface area contributed by atoms with Crippen LogP contribution in [0.2, 0.25) is 0 Å². The lowest BCUT2D eigenvalue weighted by molar-refractivity contribution is -0.108. The van der Waals surface area contributed by atoms with Gasteiger partial charge < -0.3 is 18.8 Å². The van der Waals surface area contributed by atoms with Crippen LogP contribution >= 0.6 is 0 Å². The lowest BCUT2D eigenvalue weighted by Crippen LogP contribution is -2.54. The summed E-state index contributed by atoms with van der Waals surface area (Å²) in [6, 6.07) is 28.5. The Kier molecular flexibility index (Phi) is 6.93. The van der Waals surface area contributed by atoms with Crippen LogP contribution in [0, 0.1) is 0 Å². The van der Waals surface area contributed by atoms with Crippen molar-refractivity contribution in [1.29, 1.82) is 0 Å². The monoisotopic (exact) mass is 402 g/mol. The maximum Gasteiger partial charge on any atom is 0.494 e. The van der Waals surface area contributed by atoms with Crippen molar-refractivity contribution in [3.63, 3.8) is 0 Å². The minimum Gasteiger partial charge on any atom is -0.459 e. The minimum atomic E-state index is -0.525. The van der Waals surface area contributed by atoms with Crippen LogP contribution in [0.4, 0.5) is 0 Å². The van der Waals surface area contributed by atoms with E-state index in [0.29, 0.717) is 18.8 Å². The van der Waals surface area contributed by atoms with Crippen molar-refractivity contribution in [2.24, 2.45) is 0 Å². The van der Waals surface area contributed by atoms with Crippen molar-refractivity contribution in [2.75, 3.05) is 13.2 Å². The molecule has 0 amide bonds. The van der Waals surface area contributed by atoms with Crippen LogP contribution in [0.25, 0.3) is 0 Å². The molecule has 5 nitrogen and oxygen atoms in total. The highest BCUT2D eigenvalue weighted by Crippen LogP contribution is 2.17. The van der Waals surface area contributed by atoms with Gasteiger partial charge in [-0.15, -0.1) is 0 Å². The van der Waals surface area contributed by atoms with Crippen molar-refractivity contribution >= 4 is 18.6 Å². The van der Waals surface area contributed by atoms with Crippen LogP contribution in [0.15, 0.2) is 91.0 Å². The Morgan fingerprint density at radius 2 is 1.53 bits per heavy atom. The lowest BCUT2D eigenvalue weighted by atomic mass is 9.77. The summed E-state index contributed by atoms with van der Waals surface area (Å²) in [7, 11) is -0.525. The fourth-order valence-electron chi connectivity index (χ4n) is 3.26. The summed E-state index contributed by atoms with van der Waals surface area (Å²) >= 11 is 0. The first-order valence-electron chi connectivity index (χ1n) is 9.99. The second-order valence-electron chi connectivity index (χ2n) is 7.05. The van der Waals surface area contributed by atoms with Crippen molar-refractivity contribution < 1.29 is 23.6 Å². The molecule has 6 heteroatoms. The number of carbonyl (C=O) groups is 1. The van der Waals surface area contributed by atoms with E-state index in [0.717, 1.165) is 11.0 Å². The molecule has 0 radical (unpaired) electrons. The first kappa shape index (κ1) is 20.4. The normalized spacial score (nSPS) is 18.7. The summed E-state index contributed by atoms with van der Waals surface area (Å²) in [5.74, 6) is -0.385.